The van der Waals surface area contributed by atoms with Gasteiger partial charge in [-0.3, -0.25) is 9.59 Å². The van der Waals surface area contributed by atoms with Gasteiger partial charge in [-0.05, 0) is 0 Å². The minimum atomic E-state index is -0.0243. The molecule has 1 fully saturated rings. The monoisotopic (exact) mass is 232 g/mol. The minimum Gasteiger partial charge on any atom is -0.379 e. The van der Waals surface area contributed by atoms with E-state index in [4.69, 9.17) is 4.74 Å². The molecule has 0 unspecified atom stereocenters. The summed E-state index contributed by atoms with van der Waals surface area (Å²) in [6.07, 6.45) is 0. The molecule has 0 N–H and O–H groups in total. The zero-order valence-corrected chi connectivity index (χ0v) is 9.70. The van der Waals surface area contributed by atoms with E-state index in [2.05, 4.69) is 12.6 Å². The highest BCUT2D eigenvalue weighted by molar-refractivity contribution is 7.80. The number of hydrogen-bond donors (Lipinski definition) is 1. The Morgan fingerprint density at radius 2 is 2.00 bits per heavy atom. The zero-order chi connectivity index (χ0) is 11.3. The van der Waals surface area contributed by atoms with Crippen molar-refractivity contribution in [2.45, 2.75) is 0 Å². The largest absolute Gasteiger partial charge is 0.379 e. The van der Waals surface area contributed by atoms with Crippen molar-refractivity contribution in [1.82, 2.24) is 9.80 Å². The Morgan fingerprint density at radius 3 is 2.67 bits per heavy atom. The molecule has 0 aliphatic carbocycles. The molecule has 0 aromatic heterocycles. The molecule has 1 heterocycles. The van der Waals surface area contributed by atoms with Crippen LogP contribution in [0.4, 0.5) is 0 Å². The Balaban J connectivity index is 2.29. The van der Waals surface area contributed by atoms with Gasteiger partial charge in [0.15, 0.2) is 0 Å². The van der Waals surface area contributed by atoms with E-state index in [0.29, 0.717) is 25.5 Å². The lowest BCUT2D eigenvalue weighted by molar-refractivity contribution is -0.149. The number of hydrogen-bond acceptors (Lipinski definition) is 4. The van der Waals surface area contributed by atoms with Crippen molar-refractivity contribution >= 4 is 24.4 Å². The standard InChI is InChI=1S/C9H16N2O3S/c1-10-6-9(13)11(7-8(10)12)2-3-14-4-5-15/h15H,2-7H2,1H3. The molecule has 0 saturated carbocycles. The van der Waals surface area contributed by atoms with Gasteiger partial charge in [0.1, 0.15) is 0 Å². The first-order valence-electron chi connectivity index (χ1n) is 4.85. The molecule has 6 heteroatoms. The molecule has 1 saturated heterocycles. The van der Waals surface area contributed by atoms with Crippen molar-refractivity contribution in [1.29, 1.82) is 0 Å². The Kier molecular flexibility index (Phi) is 4.90. The van der Waals surface area contributed by atoms with Gasteiger partial charge in [-0.2, -0.15) is 12.6 Å². The summed E-state index contributed by atoms with van der Waals surface area (Å²) in [6, 6.07) is 0. The highest BCUT2D eigenvalue weighted by atomic mass is 32.1. The molecule has 1 aliphatic heterocycles. The number of piperazine rings is 1. The third-order valence-corrected chi connectivity index (χ3v) is 2.40. The SMILES string of the molecule is CN1CC(=O)N(CCOCCS)CC1=O. The highest BCUT2D eigenvalue weighted by Gasteiger charge is 2.26. The van der Waals surface area contributed by atoms with E-state index < -0.39 is 0 Å². The average molecular weight is 232 g/mol. The summed E-state index contributed by atoms with van der Waals surface area (Å²) in [4.78, 5) is 25.8. The van der Waals surface area contributed by atoms with Gasteiger partial charge in [0.25, 0.3) is 0 Å². The summed E-state index contributed by atoms with van der Waals surface area (Å²) in [6.45, 7) is 1.85. The van der Waals surface area contributed by atoms with Crippen molar-refractivity contribution in [3.8, 4) is 0 Å². The molecule has 5 nitrogen and oxygen atoms in total. The lowest BCUT2D eigenvalue weighted by Gasteiger charge is -2.31. The number of carbonyl (C=O) groups excluding carboxylic acids is 2. The van der Waals surface area contributed by atoms with Crippen molar-refractivity contribution in [3.63, 3.8) is 0 Å². The van der Waals surface area contributed by atoms with E-state index in [0.717, 1.165) is 0 Å². The molecule has 86 valence electrons. The number of rotatable bonds is 5. The fraction of sp³-hybridized carbons (Fsp3) is 0.778. The third-order valence-electron chi connectivity index (χ3n) is 2.22. The molecule has 0 bridgehead atoms. The van der Waals surface area contributed by atoms with E-state index >= 15 is 0 Å². The van der Waals surface area contributed by atoms with Crippen LogP contribution in [0.1, 0.15) is 0 Å². The fourth-order valence-electron chi connectivity index (χ4n) is 1.31. The van der Waals surface area contributed by atoms with Gasteiger partial charge in [0.2, 0.25) is 11.8 Å². The first-order chi connectivity index (χ1) is 7.15. The predicted octanol–water partition coefficient (Wildman–Crippen LogP) is -0.767. The number of amides is 2. The molecule has 0 atom stereocenters. The number of nitrogens with zero attached hydrogens (tertiary/aromatic N) is 2. The molecular formula is C9H16N2O3S. The minimum absolute atomic E-state index is 0.0217. The van der Waals surface area contributed by atoms with Gasteiger partial charge in [0.05, 0.1) is 26.3 Å². The van der Waals surface area contributed by atoms with Gasteiger partial charge >= 0.3 is 0 Å². The van der Waals surface area contributed by atoms with E-state index in [1.807, 2.05) is 0 Å². The van der Waals surface area contributed by atoms with E-state index in [9.17, 15) is 9.59 Å². The van der Waals surface area contributed by atoms with Crippen LogP contribution < -0.4 is 0 Å². The van der Waals surface area contributed by atoms with Crippen LogP contribution in [0.2, 0.25) is 0 Å². The van der Waals surface area contributed by atoms with Crippen LogP contribution in [0, 0.1) is 0 Å². The van der Waals surface area contributed by atoms with Crippen molar-refractivity contribution < 1.29 is 14.3 Å². The Bertz CT molecular complexity index is 248. The molecule has 0 aromatic carbocycles. The number of likely N-dealkylation sites (N-methyl/N-ethyl adjacent to an activating group) is 1. The van der Waals surface area contributed by atoms with Gasteiger partial charge in [-0.25, -0.2) is 0 Å². The number of carbonyl (C=O) groups is 2. The molecule has 0 radical (unpaired) electrons. The van der Waals surface area contributed by atoms with E-state index in [-0.39, 0.29) is 24.9 Å². The molecule has 0 aromatic rings. The maximum atomic E-state index is 11.5. The smallest absolute Gasteiger partial charge is 0.242 e. The highest BCUT2D eigenvalue weighted by Crippen LogP contribution is 2.02. The quantitative estimate of drug-likeness (QED) is 0.500. The van der Waals surface area contributed by atoms with Crippen LogP contribution >= 0.6 is 12.6 Å². The van der Waals surface area contributed by atoms with Crippen LogP contribution in [0.15, 0.2) is 0 Å². The lowest BCUT2D eigenvalue weighted by atomic mass is 10.3. The summed E-state index contributed by atoms with van der Waals surface area (Å²) in [5.41, 5.74) is 0. The van der Waals surface area contributed by atoms with Crippen molar-refractivity contribution in [2.24, 2.45) is 0 Å². The van der Waals surface area contributed by atoms with Gasteiger partial charge in [0, 0.05) is 19.3 Å². The first kappa shape index (κ1) is 12.3. The summed E-state index contributed by atoms with van der Waals surface area (Å²) in [5.74, 6) is 0.616. The Labute approximate surface area is 94.8 Å². The predicted molar refractivity (Wildman–Crippen MR) is 58.9 cm³/mol. The van der Waals surface area contributed by atoms with Crippen LogP contribution in [-0.2, 0) is 14.3 Å². The molecule has 1 rings (SSSR count). The molecule has 2 amide bonds. The topological polar surface area (TPSA) is 49.9 Å². The maximum absolute atomic E-state index is 11.5. The van der Waals surface area contributed by atoms with Crippen molar-refractivity contribution in [2.75, 3.05) is 45.6 Å². The van der Waals surface area contributed by atoms with Crippen LogP contribution in [0.3, 0.4) is 0 Å². The summed E-state index contributed by atoms with van der Waals surface area (Å²) < 4.78 is 5.20. The summed E-state index contributed by atoms with van der Waals surface area (Å²) in [5, 5.41) is 0. The second-order valence-electron chi connectivity index (χ2n) is 3.40. The first-order valence-corrected chi connectivity index (χ1v) is 5.48. The molecule has 0 spiro atoms. The van der Waals surface area contributed by atoms with Crippen LogP contribution in [0.5, 0.6) is 0 Å². The lowest BCUT2D eigenvalue weighted by Crippen LogP contribution is -2.52. The normalized spacial score (nSPS) is 17.5. The molecule has 15 heavy (non-hydrogen) atoms. The van der Waals surface area contributed by atoms with Crippen molar-refractivity contribution in [3.05, 3.63) is 0 Å². The number of thiol groups is 1. The second kappa shape index (κ2) is 5.97. The second-order valence-corrected chi connectivity index (χ2v) is 3.85. The number of ether oxygens (including phenoxy) is 1. The Morgan fingerprint density at radius 1 is 1.27 bits per heavy atom. The van der Waals surface area contributed by atoms with E-state index in [1.54, 1.807) is 7.05 Å². The summed E-state index contributed by atoms with van der Waals surface area (Å²) >= 11 is 4.00. The third kappa shape index (κ3) is 3.71. The fourth-order valence-corrected chi connectivity index (χ4v) is 1.44. The van der Waals surface area contributed by atoms with E-state index in [1.165, 1.54) is 9.80 Å². The average Bonchev–Trinajstić information content (AvgIpc) is 2.20. The van der Waals surface area contributed by atoms with Gasteiger partial charge < -0.3 is 14.5 Å². The Hall–Kier alpha value is -0.750. The summed E-state index contributed by atoms with van der Waals surface area (Å²) in [7, 11) is 1.63. The maximum Gasteiger partial charge on any atom is 0.242 e. The molecule has 1 aliphatic rings. The zero-order valence-electron chi connectivity index (χ0n) is 8.81. The van der Waals surface area contributed by atoms with Crippen LogP contribution in [-0.4, -0.2) is 67.3 Å². The molecular weight excluding hydrogens is 216 g/mol. The van der Waals surface area contributed by atoms with Crippen LogP contribution in [0.25, 0.3) is 0 Å². The van der Waals surface area contributed by atoms with Gasteiger partial charge in [-0.15, -0.1) is 0 Å². The van der Waals surface area contributed by atoms with Gasteiger partial charge in [-0.1, -0.05) is 0 Å².